The Morgan fingerprint density at radius 1 is 1.22 bits per heavy atom. The molecule has 27 heavy (non-hydrogen) atoms. The summed E-state index contributed by atoms with van der Waals surface area (Å²) in [5, 5.41) is 22.7. The molecule has 0 aliphatic heterocycles. The van der Waals surface area contributed by atoms with Gasteiger partial charge in [-0.25, -0.2) is 0 Å². The minimum Gasteiger partial charge on any atom is -0.490 e. The Labute approximate surface area is 156 Å². The van der Waals surface area contributed by atoms with Gasteiger partial charge < -0.3 is 14.8 Å². The Morgan fingerprint density at radius 2 is 1.96 bits per heavy atom. The first-order valence-corrected chi connectivity index (χ1v) is 8.21. The van der Waals surface area contributed by atoms with Crippen molar-refractivity contribution in [2.24, 2.45) is 0 Å². The van der Waals surface area contributed by atoms with E-state index in [0.717, 1.165) is 5.56 Å². The van der Waals surface area contributed by atoms with E-state index >= 15 is 0 Å². The predicted octanol–water partition coefficient (Wildman–Crippen LogP) is 3.50. The van der Waals surface area contributed by atoms with E-state index in [1.807, 2.05) is 6.07 Å². The zero-order chi connectivity index (χ0) is 20.0. The minimum absolute atomic E-state index is 0.151. The van der Waals surface area contributed by atoms with Gasteiger partial charge in [-0.2, -0.15) is 5.26 Å². The molecule has 0 atom stereocenters. The molecule has 0 aliphatic rings. The van der Waals surface area contributed by atoms with Gasteiger partial charge in [-0.15, -0.1) is 0 Å². The Balaban J connectivity index is 2.15. The Kier molecular flexibility index (Phi) is 6.33. The van der Waals surface area contributed by atoms with Crippen molar-refractivity contribution in [2.45, 2.75) is 20.8 Å². The molecule has 0 unspecified atom stereocenters. The number of hydrogen-bond acceptors (Lipinski definition) is 6. The van der Waals surface area contributed by atoms with Crippen LogP contribution in [0.2, 0.25) is 0 Å². The molecule has 0 bridgehead atoms. The van der Waals surface area contributed by atoms with Crippen molar-refractivity contribution in [2.75, 3.05) is 18.5 Å². The highest BCUT2D eigenvalue weighted by Gasteiger charge is 2.20. The molecule has 2 aromatic carbocycles. The molecular weight excluding hydrogens is 350 g/mol. The van der Waals surface area contributed by atoms with Crippen LogP contribution in [0.5, 0.6) is 11.5 Å². The molecule has 8 heteroatoms. The van der Waals surface area contributed by atoms with Gasteiger partial charge in [0, 0.05) is 12.1 Å². The highest BCUT2D eigenvalue weighted by Crippen LogP contribution is 2.31. The largest absolute Gasteiger partial charge is 0.490 e. The van der Waals surface area contributed by atoms with E-state index in [0.29, 0.717) is 29.2 Å². The number of carbonyl (C=O) groups excluding carboxylic acids is 1. The van der Waals surface area contributed by atoms with Gasteiger partial charge in [-0.1, -0.05) is 6.07 Å². The number of ether oxygens (including phenoxy) is 2. The van der Waals surface area contributed by atoms with Crippen LogP contribution >= 0.6 is 0 Å². The molecule has 0 aromatic heterocycles. The van der Waals surface area contributed by atoms with Crippen LogP contribution in [0, 0.1) is 35.3 Å². The monoisotopic (exact) mass is 369 g/mol. The third kappa shape index (κ3) is 4.73. The molecule has 0 saturated carbocycles. The predicted molar refractivity (Wildman–Crippen MR) is 99.0 cm³/mol. The number of amides is 1. The number of nitrogens with zero attached hydrogens (tertiary/aromatic N) is 2. The number of anilines is 1. The molecule has 2 rings (SSSR count). The van der Waals surface area contributed by atoms with Crippen LogP contribution in [0.15, 0.2) is 30.3 Å². The molecule has 140 valence electrons. The molecule has 0 radical (unpaired) electrons. The van der Waals surface area contributed by atoms with Crippen LogP contribution in [0.3, 0.4) is 0 Å². The van der Waals surface area contributed by atoms with Gasteiger partial charge in [0.1, 0.15) is 5.69 Å². The zero-order valence-corrected chi connectivity index (χ0v) is 15.2. The molecular formula is C19H19N3O5. The molecule has 0 saturated heterocycles. The van der Waals surface area contributed by atoms with Crippen LogP contribution in [-0.2, 0) is 4.79 Å². The smallest absolute Gasteiger partial charge is 0.293 e. The number of nitro groups is 1. The summed E-state index contributed by atoms with van der Waals surface area (Å²) in [6.45, 7) is 5.29. The zero-order valence-electron chi connectivity index (χ0n) is 15.2. The molecule has 0 aliphatic carbocycles. The second-order valence-corrected chi connectivity index (χ2v) is 5.70. The number of carbonyl (C=O) groups is 1. The SMILES string of the molecule is CCOc1cc(C#N)ccc1OCC(=O)Nc1c([N+](=O)[O-])ccc(C)c1C. The van der Waals surface area contributed by atoms with E-state index in [1.165, 1.54) is 18.2 Å². The average molecular weight is 369 g/mol. The molecule has 0 spiro atoms. The summed E-state index contributed by atoms with van der Waals surface area (Å²) < 4.78 is 10.9. The van der Waals surface area contributed by atoms with E-state index in [-0.39, 0.29) is 18.0 Å². The summed E-state index contributed by atoms with van der Waals surface area (Å²) in [7, 11) is 0. The van der Waals surface area contributed by atoms with Gasteiger partial charge in [0.15, 0.2) is 18.1 Å². The van der Waals surface area contributed by atoms with E-state index in [4.69, 9.17) is 14.7 Å². The van der Waals surface area contributed by atoms with Crippen molar-refractivity contribution >= 4 is 17.3 Å². The Morgan fingerprint density at radius 3 is 2.59 bits per heavy atom. The molecule has 8 nitrogen and oxygen atoms in total. The molecule has 1 amide bonds. The number of aryl methyl sites for hydroxylation is 1. The van der Waals surface area contributed by atoms with Crippen molar-refractivity contribution in [3.63, 3.8) is 0 Å². The standard InChI is InChI=1S/C19H19N3O5/c1-4-26-17-9-14(10-20)6-8-16(17)27-11-18(23)21-19-13(3)12(2)5-7-15(19)22(24)25/h5-9H,4,11H2,1-3H3,(H,21,23). The van der Waals surface area contributed by atoms with Crippen molar-refractivity contribution in [3.05, 3.63) is 57.1 Å². The quantitative estimate of drug-likeness (QED) is 0.590. The summed E-state index contributed by atoms with van der Waals surface area (Å²) in [6, 6.07) is 9.59. The van der Waals surface area contributed by atoms with Crippen molar-refractivity contribution in [1.29, 1.82) is 5.26 Å². The van der Waals surface area contributed by atoms with Gasteiger partial charge in [0.2, 0.25) is 0 Å². The molecule has 2 aromatic rings. The lowest BCUT2D eigenvalue weighted by Gasteiger charge is -2.13. The lowest BCUT2D eigenvalue weighted by molar-refractivity contribution is -0.384. The second kappa shape index (κ2) is 8.67. The number of benzene rings is 2. The molecule has 1 N–H and O–H groups in total. The van der Waals surface area contributed by atoms with E-state index in [9.17, 15) is 14.9 Å². The van der Waals surface area contributed by atoms with Gasteiger partial charge in [-0.05, 0) is 44.0 Å². The third-order valence-corrected chi connectivity index (χ3v) is 3.91. The highest BCUT2D eigenvalue weighted by molar-refractivity contribution is 5.95. The van der Waals surface area contributed by atoms with Crippen LogP contribution in [0.4, 0.5) is 11.4 Å². The van der Waals surface area contributed by atoms with Gasteiger partial charge in [0.05, 0.1) is 23.2 Å². The fourth-order valence-electron chi connectivity index (χ4n) is 2.40. The summed E-state index contributed by atoms with van der Waals surface area (Å²) in [5.74, 6) is 0.113. The maximum absolute atomic E-state index is 12.3. The maximum Gasteiger partial charge on any atom is 0.293 e. The number of nitro benzene ring substituents is 1. The van der Waals surface area contributed by atoms with Crippen LogP contribution in [0.1, 0.15) is 23.6 Å². The Hall–Kier alpha value is -3.60. The number of nitrogens with one attached hydrogen (secondary N) is 1. The van der Waals surface area contributed by atoms with Crippen molar-refractivity contribution < 1.29 is 19.2 Å². The summed E-state index contributed by atoms with van der Waals surface area (Å²) >= 11 is 0. The van der Waals surface area contributed by atoms with E-state index in [1.54, 1.807) is 32.9 Å². The first-order valence-electron chi connectivity index (χ1n) is 8.21. The van der Waals surface area contributed by atoms with Crippen molar-refractivity contribution in [3.8, 4) is 17.6 Å². The lowest BCUT2D eigenvalue weighted by atomic mass is 10.1. The van der Waals surface area contributed by atoms with E-state index < -0.39 is 10.8 Å². The van der Waals surface area contributed by atoms with Gasteiger partial charge in [-0.3, -0.25) is 14.9 Å². The first-order chi connectivity index (χ1) is 12.9. The summed E-state index contributed by atoms with van der Waals surface area (Å²) in [5.41, 5.74) is 1.81. The normalized spacial score (nSPS) is 10.0. The highest BCUT2D eigenvalue weighted by atomic mass is 16.6. The summed E-state index contributed by atoms with van der Waals surface area (Å²) in [4.78, 5) is 22.9. The Bertz CT molecular complexity index is 918. The van der Waals surface area contributed by atoms with Gasteiger partial charge >= 0.3 is 0 Å². The fourth-order valence-corrected chi connectivity index (χ4v) is 2.40. The number of nitriles is 1. The lowest BCUT2D eigenvalue weighted by Crippen LogP contribution is -2.21. The fraction of sp³-hybridized carbons (Fsp3) is 0.263. The summed E-state index contributed by atoms with van der Waals surface area (Å²) in [6.07, 6.45) is 0. The first kappa shape index (κ1) is 19.7. The molecule has 0 fully saturated rings. The number of rotatable bonds is 7. The topological polar surface area (TPSA) is 114 Å². The van der Waals surface area contributed by atoms with Crippen LogP contribution in [-0.4, -0.2) is 24.0 Å². The van der Waals surface area contributed by atoms with E-state index in [2.05, 4.69) is 5.32 Å². The minimum atomic E-state index is -0.545. The van der Waals surface area contributed by atoms with Gasteiger partial charge in [0.25, 0.3) is 11.6 Å². The van der Waals surface area contributed by atoms with Crippen molar-refractivity contribution in [1.82, 2.24) is 0 Å². The van der Waals surface area contributed by atoms with Crippen LogP contribution < -0.4 is 14.8 Å². The average Bonchev–Trinajstić information content (AvgIpc) is 2.64. The molecule has 0 heterocycles. The maximum atomic E-state index is 12.3. The second-order valence-electron chi connectivity index (χ2n) is 5.70. The number of hydrogen-bond donors (Lipinski definition) is 1. The van der Waals surface area contributed by atoms with Crippen LogP contribution in [0.25, 0.3) is 0 Å². The third-order valence-electron chi connectivity index (χ3n) is 3.91.